The van der Waals surface area contributed by atoms with Crippen LogP contribution in [0, 0.1) is 5.41 Å². The molecule has 1 aromatic rings. The van der Waals surface area contributed by atoms with E-state index in [1.165, 1.54) is 0 Å². The average molecular weight is 311 g/mol. The molecule has 2 rings (SSSR count). The van der Waals surface area contributed by atoms with Gasteiger partial charge in [-0.15, -0.1) is 0 Å². The number of carbonyl (C=O) groups is 2. The standard InChI is InChI=1S/C15H19ClN2O3/c1-10(11-5-2-3-6-12(11)16)18-14(21)17-9-15(13(19)20)7-4-8-15/h2-3,5-6,10H,4,7-9H2,1H3,(H,19,20)(H2,17,18,21). The fourth-order valence-electron chi connectivity index (χ4n) is 2.47. The van der Waals surface area contributed by atoms with E-state index in [-0.39, 0.29) is 18.6 Å². The van der Waals surface area contributed by atoms with Gasteiger partial charge in [0.15, 0.2) is 0 Å². The lowest BCUT2D eigenvalue weighted by molar-refractivity contribution is -0.153. The average Bonchev–Trinajstić information content (AvgIpc) is 2.37. The zero-order valence-corrected chi connectivity index (χ0v) is 12.6. The van der Waals surface area contributed by atoms with E-state index in [4.69, 9.17) is 11.6 Å². The minimum absolute atomic E-state index is 0.156. The molecule has 1 unspecified atom stereocenters. The van der Waals surface area contributed by atoms with Gasteiger partial charge in [0.05, 0.1) is 11.5 Å². The second-order valence-electron chi connectivity index (χ2n) is 5.51. The number of nitrogens with one attached hydrogen (secondary N) is 2. The molecule has 1 aliphatic carbocycles. The first-order valence-corrected chi connectivity index (χ1v) is 7.35. The van der Waals surface area contributed by atoms with Crippen LogP contribution in [0.15, 0.2) is 24.3 Å². The molecular weight excluding hydrogens is 292 g/mol. The first-order chi connectivity index (χ1) is 9.94. The van der Waals surface area contributed by atoms with E-state index in [0.29, 0.717) is 17.9 Å². The maximum atomic E-state index is 11.9. The number of rotatable bonds is 5. The van der Waals surface area contributed by atoms with Crippen molar-refractivity contribution in [3.8, 4) is 0 Å². The highest BCUT2D eigenvalue weighted by molar-refractivity contribution is 6.31. The summed E-state index contributed by atoms with van der Waals surface area (Å²) in [7, 11) is 0. The van der Waals surface area contributed by atoms with Crippen molar-refractivity contribution in [2.45, 2.75) is 32.2 Å². The molecular formula is C15H19ClN2O3. The summed E-state index contributed by atoms with van der Waals surface area (Å²) in [5.41, 5.74) is 0.0382. The number of carbonyl (C=O) groups excluding carboxylic acids is 1. The minimum atomic E-state index is -0.840. The zero-order chi connectivity index (χ0) is 15.5. The summed E-state index contributed by atoms with van der Waals surface area (Å²) >= 11 is 6.08. The Hall–Kier alpha value is -1.75. The third kappa shape index (κ3) is 3.47. The molecule has 0 spiro atoms. The first kappa shape index (κ1) is 15.6. The summed E-state index contributed by atoms with van der Waals surface area (Å²) < 4.78 is 0. The van der Waals surface area contributed by atoms with E-state index in [1.54, 1.807) is 6.07 Å². The molecule has 21 heavy (non-hydrogen) atoms. The topological polar surface area (TPSA) is 78.4 Å². The molecule has 0 aromatic heterocycles. The van der Waals surface area contributed by atoms with Gasteiger partial charge in [0.1, 0.15) is 0 Å². The molecule has 0 bridgehead atoms. The molecule has 0 saturated heterocycles. The lowest BCUT2D eigenvalue weighted by atomic mass is 9.69. The molecule has 1 aliphatic rings. The van der Waals surface area contributed by atoms with Crippen LogP contribution in [-0.4, -0.2) is 23.7 Å². The normalized spacial score (nSPS) is 17.4. The van der Waals surface area contributed by atoms with Gasteiger partial charge in [0.25, 0.3) is 0 Å². The van der Waals surface area contributed by atoms with Gasteiger partial charge < -0.3 is 15.7 Å². The molecule has 1 aromatic carbocycles. The van der Waals surface area contributed by atoms with Gasteiger partial charge in [0.2, 0.25) is 0 Å². The number of urea groups is 1. The van der Waals surface area contributed by atoms with Gasteiger partial charge >= 0.3 is 12.0 Å². The number of benzene rings is 1. The summed E-state index contributed by atoms with van der Waals surface area (Å²) in [6, 6.07) is 6.66. The van der Waals surface area contributed by atoms with Crippen LogP contribution in [0.3, 0.4) is 0 Å². The molecule has 6 heteroatoms. The maximum absolute atomic E-state index is 11.9. The monoisotopic (exact) mass is 310 g/mol. The Kier molecular flexibility index (Phi) is 4.73. The highest BCUT2D eigenvalue weighted by Gasteiger charge is 2.44. The largest absolute Gasteiger partial charge is 0.481 e. The molecule has 1 saturated carbocycles. The Labute approximate surface area is 128 Å². The van der Waals surface area contributed by atoms with Crippen LogP contribution in [0.1, 0.15) is 37.8 Å². The fraction of sp³-hybridized carbons (Fsp3) is 0.467. The van der Waals surface area contributed by atoms with Crippen molar-refractivity contribution in [2.75, 3.05) is 6.54 Å². The number of hydrogen-bond donors (Lipinski definition) is 3. The van der Waals surface area contributed by atoms with Crippen molar-refractivity contribution in [2.24, 2.45) is 5.41 Å². The van der Waals surface area contributed by atoms with Crippen molar-refractivity contribution in [3.05, 3.63) is 34.9 Å². The van der Waals surface area contributed by atoms with Crippen molar-refractivity contribution in [3.63, 3.8) is 0 Å². The lowest BCUT2D eigenvalue weighted by Crippen LogP contribution is -2.50. The van der Waals surface area contributed by atoms with Crippen LogP contribution < -0.4 is 10.6 Å². The molecule has 0 heterocycles. The van der Waals surface area contributed by atoms with Crippen LogP contribution in [0.25, 0.3) is 0 Å². The van der Waals surface area contributed by atoms with Gasteiger partial charge in [-0.1, -0.05) is 36.2 Å². The summed E-state index contributed by atoms with van der Waals surface area (Å²) in [4.78, 5) is 23.1. The summed E-state index contributed by atoms with van der Waals surface area (Å²) in [5.74, 6) is -0.840. The summed E-state index contributed by atoms with van der Waals surface area (Å²) in [6.07, 6.45) is 2.12. The second-order valence-corrected chi connectivity index (χ2v) is 5.92. The van der Waals surface area contributed by atoms with Crippen molar-refractivity contribution in [1.82, 2.24) is 10.6 Å². The Bertz CT molecular complexity index is 543. The second kappa shape index (κ2) is 6.35. The molecule has 3 N–H and O–H groups in total. The summed E-state index contributed by atoms with van der Waals surface area (Å²) in [6.45, 7) is 1.99. The van der Waals surface area contributed by atoms with Crippen LogP contribution in [-0.2, 0) is 4.79 Å². The van der Waals surface area contributed by atoms with Gasteiger partial charge in [-0.3, -0.25) is 4.79 Å². The van der Waals surface area contributed by atoms with Crippen molar-refractivity contribution in [1.29, 1.82) is 0 Å². The number of halogens is 1. The molecule has 1 fully saturated rings. The van der Waals surface area contributed by atoms with E-state index in [0.717, 1.165) is 12.0 Å². The lowest BCUT2D eigenvalue weighted by Gasteiger charge is -2.37. The molecule has 0 aliphatic heterocycles. The van der Waals surface area contributed by atoms with E-state index in [9.17, 15) is 14.7 Å². The number of carboxylic acids is 1. The van der Waals surface area contributed by atoms with Crippen molar-refractivity contribution < 1.29 is 14.7 Å². The highest BCUT2D eigenvalue weighted by atomic mass is 35.5. The zero-order valence-electron chi connectivity index (χ0n) is 11.9. The smallest absolute Gasteiger partial charge is 0.315 e. The van der Waals surface area contributed by atoms with Gasteiger partial charge in [-0.25, -0.2) is 4.79 Å². The minimum Gasteiger partial charge on any atom is -0.481 e. The molecule has 114 valence electrons. The quantitative estimate of drug-likeness (QED) is 0.782. The fourth-order valence-corrected chi connectivity index (χ4v) is 2.77. The SMILES string of the molecule is CC(NC(=O)NCC1(C(=O)O)CCC1)c1ccccc1Cl. The molecule has 1 atom stereocenters. The molecule has 2 amide bonds. The van der Waals surface area contributed by atoms with Crippen LogP contribution >= 0.6 is 11.6 Å². The maximum Gasteiger partial charge on any atom is 0.315 e. The molecule has 0 radical (unpaired) electrons. The Morgan fingerprint density at radius 2 is 2.05 bits per heavy atom. The summed E-state index contributed by atoms with van der Waals surface area (Å²) in [5, 5.41) is 15.2. The van der Waals surface area contributed by atoms with E-state index < -0.39 is 11.4 Å². The van der Waals surface area contributed by atoms with Crippen LogP contribution in [0.5, 0.6) is 0 Å². The van der Waals surface area contributed by atoms with Gasteiger partial charge in [-0.05, 0) is 31.4 Å². The Morgan fingerprint density at radius 3 is 2.57 bits per heavy atom. The van der Waals surface area contributed by atoms with Gasteiger partial charge in [-0.2, -0.15) is 0 Å². The molecule has 5 nitrogen and oxygen atoms in total. The highest BCUT2D eigenvalue weighted by Crippen LogP contribution is 2.40. The number of amides is 2. The Balaban J connectivity index is 1.87. The number of aliphatic carboxylic acids is 1. The van der Waals surface area contributed by atoms with E-state index >= 15 is 0 Å². The Morgan fingerprint density at radius 1 is 1.38 bits per heavy atom. The number of hydrogen-bond acceptors (Lipinski definition) is 2. The van der Waals surface area contributed by atoms with Crippen LogP contribution in [0.2, 0.25) is 5.02 Å². The predicted octanol–water partition coefficient (Wildman–Crippen LogP) is 2.96. The third-order valence-corrected chi connectivity index (χ3v) is 4.42. The first-order valence-electron chi connectivity index (χ1n) is 6.97. The third-order valence-electron chi connectivity index (χ3n) is 4.07. The predicted molar refractivity (Wildman–Crippen MR) is 80.3 cm³/mol. The van der Waals surface area contributed by atoms with Gasteiger partial charge in [0, 0.05) is 11.6 Å². The van der Waals surface area contributed by atoms with Crippen molar-refractivity contribution >= 4 is 23.6 Å². The van der Waals surface area contributed by atoms with E-state index in [1.807, 2.05) is 25.1 Å². The van der Waals surface area contributed by atoms with Crippen LogP contribution in [0.4, 0.5) is 4.79 Å². The van der Waals surface area contributed by atoms with E-state index in [2.05, 4.69) is 10.6 Å². The number of carboxylic acid groups (broad SMARTS) is 1.